The van der Waals surface area contributed by atoms with Gasteiger partial charge < -0.3 is 14.7 Å². The van der Waals surface area contributed by atoms with Gasteiger partial charge in [-0.25, -0.2) is 14.7 Å². The Morgan fingerprint density at radius 3 is 2.51 bits per heavy atom. The SMILES string of the molecule is CC(C)c1ccccc1N1CCS/C1=N\C(O)NC1CC1c1ccc(-c2ncn(-c3ccc(OC(F)(F)F)cc3)n2)cc1. The summed E-state index contributed by atoms with van der Waals surface area (Å²) in [5.74, 6) is 1.77. The minimum absolute atomic E-state index is 0.120. The fraction of sp³-hybridized carbons (Fsp3) is 0.323. The topological polar surface area (TPSA) is 87.8 Å². The van der Waals surface area contributed by atoms with E-state index in [9.17, 15) is 18.3 Å². The number of amidine groups is 1. The Kier molecular flexibility index (Phi) is 8.17. The van der Waals surface area contributed by atoms with E-state index in [1.165, 1.54) is 40.8 Å². The van der Waals surface area contributed by atoms with Gasteiger partial charge in [0.25, 0.3) is 0 Å². The van der Waals surface area contributed by atoms with Crippen LogP contribution < -0.4 is 15.0 Å². The molecular weight excluding hydrogens is 577 g/mol. The molecule has 6 rings (SSSR count). The van der Waals surface area contributed by atoms with Gasteiger partial charge in [0, 0.05) is 35.5 Å². The van der Waals surface area contributed by atoms with Crippen molar-refractivity contribution in [3.8, 4) is 22.8 Å². The highest BCUT2D eigenvalue weighted by Crippen LogP contribution is 2.41. The molecule has 2 N–H and O–H groups in total. The zero-order valence-corrected chi connectivity index (χ0v) is 24.4. The fourth-order valence-electron chi connectivity index (χ4n) is 5.23. The summed E-state index contributed by atoms with van der Waals surface area (Å²) in [5.41, 5.74) is 4.92. The second kappa shape index (κ2) is 12.0. The summed E-state index contributed by atoms with van der Waals surface area (Å²) in [5, 5.41) is 19.3. The Morgan fingerprint density at radius 1 is 1.05 bits per heavy atom. The Morgan fingerprint density at radius 2 is 1.79 bits per heavy atom. The molecule has 224 valence electrons. The first-order valence-electron chi connectivity index (χ1n) is 14.0. The number of benzene rings is 3. The van der Waals surface area contributed by atoms with E-state index in [4.69, 9.17) is 0 Å². The monoisotopic (exact) mass is 608 g/mol. The smallest absolute Gasteiger partial charge is 0.406 e. The van der Waals surface area contributed by atoms with E-state index in [2.05, 4.69) is 62.1 Å². The van der Waals surface area contributed by atoms with Crippen LogP contribution in [0.5, 0.6) is 5.75 Å². The van der Waals surface area contributed by atoms with Crippen LogP contribution in [0.15, 0.2) is 84.1 Å². The number of para-hydroxylation sites is 1. The quantitative estimate of drug-likeness (QED) is 0.216. The molecule has 8 nitrogen and oxygen atoms in total. The van der Waals surface area contributed by atoms with Crippen LogP contribution in [0.1, 0.15) is 43.2 Å². The first kappa shape index (κ1) is 29.2. The third kappa shape index (κ3) is 6.87. The van der Waals surface area contributed by atoms with Crippen molar-refractivity contribution in [3.63, 3.8) is 0 Å². The number of aliphatic hydroxyl groups excluding tert-OH is 1. The molecule has 12 heteroatoms. The lowest BCUT2D eigenvalue weighted by Crippen LogP contribution is -2.33. The lowest BCUT2D eigenvalue weighted by atomic mass is 10.0. The number of aliphatic imine (C=N–C) groups is 1. The molecule has 3 atom stereocenters. The Balaban J connectivity index is 1.06. The zero-order valence-electron chi connectivity index (χ0n) is 23.6. The second-order valence-electron chi connectivity index (χ2n) is 10.8. The molecule has 4 aromatic rings. The summed E-state index contributed by atoms with van der Waals surface area (Å²) in [6.07, 6.45) is -3.33. The summed E-state index contributed by atoms with van der Waals surface area (Å²) < 4.78 is 42.7. The van der Waals surface area contributed by atoms with Crippen molar-refractivity contribution in [1.82, 2.24) is 20.1 Å². The second-order valence-corrected chi connectivity index (χ2v) is 11.9. The maximum Gasteiger partial charge on any atom is 0.573 e. The number of halogens is 3. The molecule has 1 aliphatic carbocycles. The van der Waals surface area contributed by atoms with E-state index < -0.39 is 12.7 Å². The molecule has 3 aromatic carbocycles. The van der Waals surface area contributed by atoms with Crippen LogP contribution >= 0.6 is 11.8 Å². The highest BCUT2D eigenvalue weighted by atomic mass is 32.2. The normalized spacial score (nSPS) is 20.2. The zero-order chi connectivity index (χ0) is 30.1. The maximum atomic E-state index is 12.4. The van der Waals surface area contributed by atoms with Crippen molar-refractivity contribution in [1.29, 1.82) is 0 Å². The third-order valence-electron chi connectivity index (χ3n) is 7.44. The highest BCUT2D eigenvalue weighted by Gasteiger charge is 2.39. The number of ether oxygens (including phenoxy) is 1. The molecule has 0 radical (unpaired) electrons. The average Bonchev–Trinajstić information content (AvgIpc) is 3.33. The van der Waals surface area contributed by atoms with Crippen molar-refractivity contribution in [2.75, 3.05) is 17.2 Å². The molecule has 0 amide bonds. The number of aliphatic hydroxyl groups is 1. The molecular formula is C31H31F3N6O2S. The van der Waals surface area contributed by atoms with Gasteiger partial charge in [0.15, 0.2) is 11.0 Å². The van der Waals surface area contributed by atoms with Crippen molar-refractivity contribution >= 4 is 22.6 Å². The van der Waals surface area contributed by atoms with E-state index in [0.29, 0.717) is 17.4 Å². The number of nitrogens with zero attached hydrogens (tertiary/aromatic N) is 5. The van der Waals surface area contributed by atoms with Crippen LogP contribution in [0, 0.1) is 0 Å². The minimum atomic E-state index is -4.74. The maximum absolute atomic E-state index is 12.4. The summed E-state index contributed by atoms with van der Waals surface area (Å²) in [7, 11) is 0. The van der Waals surface area contributed by atoms with E-state index in [1.807, 2.05) is 30.3 Å². The van der Waals surface area contributed by atoms with Gasteiger partial charge in [0.2, 0.25) is 6.35 Å². The van der Waals surface area contributed by atoms with Crippen LogP contribution in [-0.4, -0.2) is 56.1 Å². The Bertz CT molecular complexity index is 1590. The molecule has 3 unspecified atom stereocenters. The van der Waals surface area contributed by atoms with Crippen LogP contribution in [0.25, 0.3) is 17.1 Å². The third-order valence-corrected chi connectivity index (χ3v) is 8.41. The summed E-state index contributed by atoms with van der Waals surface area (Å²) in [4.78, 5) is 11.2. The number of aromatic nitrogens is 3. The standard InChI is InChI=1S/C31H31F3N6O2S/c1-19(2)24-5-3-4-6-27(24)39-15-16-43-30(39)37-29(41)36-26-17-25(26)20-7-9-21(10-8-20)28-35-18-40(38-28)22-11-13-23(14-12-22)42-31(32,33)34/h3-14,18-19,25-26,29,36,41H,15-17H2,1-2H3/b37-30-. The van der Waals surface area contributed by atoms with Gasteiger partial charge in [-0.2, -0.15) is 0 Å². The van der Waals surface area contributed by atoms with Gasteiger partial charge in [-0.3, -0.25) is 5.32 Å². The van der Waals surface area contributed by atoms with E-state index in [-0.39, 0.29) is 17.7 Å². The average molecular weight is 609 g/mol. The number of hydrogen-bond donors (Lipinski definition) is 2. The van der Waals surface area contributed by atoms with Crippen molar-refractivity contribution in [2.24, 2.45) is 4.99 Å². The Labute approximate surface area is 251 Å². The van der Waals surface area contributed by atoms with E-state index in [1.54, 1.807) is 11.8 Å². The van der Waals surface area contributed by atoms with Crippen LogP contribution in [0.3, 0.4) is 0 Å². The Hall–Kier alpha value is -3.87. The van der Waals surface area contributed by atoms with Gasteiger partial charge in [-0.05, 0) is 53.8 Å². The number of thioether (sulfide) groups is 1. The fourth-order valence-corrected chi connectivity index (χ4v) is 6.21. The minimum Gasteiger partial charge on any atom is -0.406 e. The highest BCUT2D eigenvalue weighted by molar-refractivity contribution is 8.14. The van der Waals surface area contributed by atoms with Gasteiger partial charge in [0.1, 0.15) is 12.1 Å². The van der Waals surface area contributed by atoms with Crippen LogP contribution in [0.2, 0.25) is 0 Å². The van der Waals surface area contributed by atoms with Gasteiger partial charge in [-0.1, -0.05) is 68.1 Å². The summed E-state index contributed by atoms with van der Waals surface area (Å²) in [6, 6.07) is 21.9. The van der Waals surface area contributed by atoms with E-state index in [0.717, 1.165) is 40.7 Å². The molecule has 1 aromatic heterocycles. The lowest BCUT2D eigenvalue weighted by Gasteiger charge is -2.23. The van der Waals surface area contributed by atoms with E-state index >= 15 is 0 Å². The van der Waals surface area contributed by atoms with Crippen molar-refractivity contribution < 1.29 is 23.0 Å². The molecule has 1 saturated carbocycles. The van der Waals surface area contributed by atoms with Crippen LogP contribution in [-0.2, 0) is 0 Å². The molecule has 2 fully saturated rings. The molecule has 2 aliphatic rings. The van der Waals surface area contributed by atoms with Crippen LogP contribution in [0.4, 0.5) is 18.9 Å². The molecule has 2 heterocycles. The first-order chi connectivity index (χ1) is 20.6. The number of hydrogen-bond acceptors (Lipinski definition) is 7. The predicted octanol–water partition coefficient (Wildman–Crippen LogP) is 6.29. The molecule has 1 saturated heterocycles. The van der Waals surface area contributed by atoms with Gasteiger partial charge in [-0.15, -0.1) is 18.3 Å². The lowest BCUT2D eigenvalue weighted by molar-refractivity contribution is -0.274. The predicted molar refractivity (Wildman–Crippen MR) is 162 cm³/mol. The number of anilines is 1. The van der Waals surface area contributed by atoms with Crippen molar-refractivity contribution in [2.45, 2.75) is 50.9 Å². The summed E-state index contributed by atoms with van der Waals surface area (Å²) in [6.45, 7) is 5.22. The molecule has 1 aliphatic heterocycles. The molecule has 43 heavy (non-hydrogen) atoms. The van der Waals surface area contributed by atoms with Gasteiger partial charge in [0.05, 0.1) is 5.69 Å². The summed E-state index contributed by atoms with van der Waals surface area (Å²) >= 11 is 1.66. The largest absolute Gasteiger partial charge is 0.573 e. The molecule has 0 spiro atoms. The van der Waals surface area contributed by atoms with Gasteiger partial charge >= 0.3 is 6.36 Å². The molecule has 0 bridgehead atoms. The number of rotatable bonds is 9. The first-order valence-corrected chi connectivity index (χ1v) is 15.0. The number of nitrogens with one attached hydrogen (secondary N) is 1. The van der Waals surface area contributed by atoms with Crippen molar-refractivity contribution in [3.05, 3.63) is 90.3 Å². The number of alkyl halides is 3.